The number of benzene rings is 3. The lowest BCUT2D eigenvalue weighted by Crippen LogP contribution is -2.16. The Bertz CT molecular complexity index is 1200. The van der Waals surface area contributed by atoms with E-state index >= 15 is 0 Å². The van der Waals surface area contributed by atoms with Gasteiger partial charge in [0.1, 0.15) is 11.6 Å². The quantitative estimate of drug-likeness (QED) is 0.508. The Morgan fingerprint density at radius 2 is 1.59 bits per heavy atom. The Hall–Kier alpha value is -3.37. The van der Waals surface area contributed by atoms with E-state index in [1.807, 2.05) is 47.0 Å². The average molecular weight is 375 g/mol. The molecule has 0 aliphatic rings. The molecule has 27 heavy (non-hydrogen) atoms. The summed E-state index contributed by atoms with van der Waals surface area (Å²) < 4.78 is 1.85. The van der Waals surface area contributed by atoms with Crippen molar-refractivity contribution in [2.24, 2.45) is 0 Å². The Labute approximate surface area is 160 Å². The van der Waals surface area contributed by atoms with Gasteiger partial charge in [0, 0.05) is 22.3 Å². The van der Waals surface area contributed by atoms with Crippen molar-refractivity contribution in [3.05, 3.63) is 106 Å². The van der Waals surface area contributed by atoms with Gasteiger partial charge in [-0.25, -0.2) is 0 Å². The molecule has 0 aliphatic heterocycles. The first kappa shape index (κ1) is 17.1. The van der Waals surface area contributed by atoms with Crippen LogP contribution in [0.25, 0.3) is 28.4 Å². The predicted octanol–water partition coefficient (Wildman–Crippen LogP) is 5.10. The molecule has 5 heteroatoms. The maximum absolute atomic E-state index is 12.5. The van der Waals surface area contributed by atoms with Gasteiger partial charge in [-0.2, -0.15) is 4.98 Å². The number of aliphatic hydroxyl groups is 1. The van der Waals surface area contributed by atoms with E-state index in [4.69, 9.17) is 11.6 Å². The van der Waals surface area contributed by atoms with E-state index in [0.717, 1.165) is 11.2 Å². The highest BCUT2D eigenvalue weighted by molar-refractivity contribution is 6.30. The average Bonchev–Trinajstić information content (AvgIpc) is 2.69. The van der Waals surface area contributed by atoms with Gasteiger partial charge in [-0.15, -0.1) is 0 Å². The number of rotatable bonds is 3. The number of aromatic nitrogens is 2. The van der Waals surface area contributed by atoms with E-state index in [-0.39, 0.29) is 11.3 Å². The van der Waals surface area contributed by atoms with Crippen LogP contribution in [0.4, 0.5) is 0 Å². The van der Waals surface area contributed by atoms with Crippen LogP contribution >= 0.6 is 11.6 Å². The molecule has 0 saturated heterocycles. The van der Waals surface area contributed by atoms with Gasteiger partial charge in [0.05, 0.1) is 10.9 Å². The van der Waals surface area contributed by atoms with Crippen LogP contribution in [0.3, 0.4) is 0 Å². The third-order valence-electron chi connectivity index (χ3n) is 4.24. The van der Waals surface area contributed by atoms with E-state index in [0.29, 0.717) is 21.8 Å². The highest BCUT2D eigenvalue weighted by atomic mass is 35.5. The minimum absolute atomic E-state index is 0.00136. The van der Waals surface area contributed by atoms with Gasteiger partial charge in [0.25, 0.3) is 5.56 Å². The zero-order valence-electron chi connectivity index (χ0n) is 14.2. The molecule has 0 saturated carbocycles. The SMILES string of the molecule is O=c1nc(/C=C(\O)c2ccc(Cl)cc2)n(-c2ccccc2)c2ccccc12. The molecule has 4 aromatic rings. The second-order valence-corrected chi connectivity index (χ2v) is 6.44. The lowest BCUT2D eigenvalue weighted by atomic mass is 10.1. The van der Waals surface area contributed by atoms with E-state index in [1.165, 1.54) is 6.08 Å². The fourth-order valence-corrected chi connectivity index (χ4v) is 3.08. The Morgan fingerprint density at radius 3 is 2.33 bits per heavy atom. The molecule has 0 amide bonds. The van der Waals surface area contributed by atoms with Gasteiger partial charge in [0.2, 0.25) is 0 Å². The smallest absolute Gasteiger partial charge is 0.281 e. The molecule has 0 aliphatic carbocycles. The maximum Gasteiger partial charge on any atom is 0.281 e. The van der Waals surface area contributed by atoms with Crippen molar-refractivity contribution in [2.75, 3.05) is 0 Å². The van der Waals surface area contributed by atoms with Crippen molar-refractivity contribution >= 4 is 34.3 Å². The summed E-state index contributed by atoms with van der Waals surface area (Å²) in [7, 11) is 0. The van der Waals surface area contributed by atoms with Crippen LogP contribution in [0.2, 0.25) is 5.02 Å². The van der Waals surface area contributed by atoms with Crippen LogP contribution < -0.4 is 5.56 Å². The second-order valence-electron chi connectivity index (χ2n) is 6.00. The fraction of sp³-hybridized carbons (Fsp3) is 0. The molecule has 1 aromatic heterocycles. The van der Waals surface area contributed by atoms with Crippen molar-refractivity contribution in [2.45, 2.75) is 0 Å². The molecule has 0 spiro atoms. The Kier molecular flexibility index (Phi) is 4.48. The number of hydrogen-bond donors (Lipinski definition) is 1. The summed E-state index contributed by atoms with van der Waals surface area (Å²) in [6.45, 7) is 0. The maximum atomic E-state index is 12.5. The minimum atomic E-state index is -0.340. The van der Waals surface area contributed by atoms with Crippen molar-refractivity contribution in [1.29, 1.82) is 0 Å². The molecule has 0 atom stereocenters. The highest BCUT2D eigenvalue weighted by Gasteiger charge is 2.12. The minimum Gasteiger partial charge on any atom is -0.507 e. The molecule has 132 valence electrons. The summed E-state index contributed by atoms with van der Waals surface area (Å²) in [6, 6.07) is 23.7. The summed E-state index contributed by atoms with van der Waals surface area (Å²) in [5.74, 6) is 0.343. The number of nitrogens with zero attached hydrogens (tertiary/aromatic N) is 2. The fourth-order valence-electron chi connectivity index (χ4n) is 2.96. The lowest BCUT2D eigenvalue weighted by molar-refractivity contribution is 0.515. The molecular weight excluding hydrogens is 360 g/mol. The first-order chi connectivity index (χ1) is 13.1. The summed E-state index contributed by atoms with van der Waals surface area (Å²) >= 11 is 5.91. The van der Waals surface area contributed by atoms with Gasteiger partial charge in [-0.05, 0) is 48.5 Å². The topological polar surface area (TPSA) is 55.1 Å². The Balaban J connectivity index is 1.99. The molecule has 0 unspecified atom stereocenters. The van der Waals surface area contributed by atoms with E-state index < -0.39 is 0 Å². The number of aliphatic hydroxyl groups excluding tert-OH is 1. The van der Waals surface area contributed by atoms with E-state index in [1.54, 1.807) is 36.4 Å². The largest absolute Gasteiger partial charge is 0.507 e. The van der Waals surface area contributed by atoms with Gasteiger partial charge in [0.15, 0.2) is 0 Å². The second kappa shape index (κ2) is 7.09. The van der Waals surface area contributed by atoms with Crippen molar-refractivity contribution in [3.63, 3.8) is 0 Å². The third-order valence-corrected chi connectivity index (χ3v) is 4.49. The zero-order valence-corrected chi connectivity index (χ0v) is 15.0. The van der Waals surface area contributed by atoms with Crippen LogP contribution in [0.1, 0.15) is 11.4 Å². The van der Waals surface area contributed by atoms with Crippen molar-refractivity contribution in [1.82, 2.24) is 9.55 Å². The molecule has 4 rings (SSSR count). The molecule has 4 nitrogen and oxygen atoms in total. The van der Waals surface area contributed by atoms with Crippen LogP contribution in [0.5, 0.6) is 0 Å². The van der Waals surface area contributed by atoms with Gasteiger partial charge < -0.3 is 5.11 Å². The van der Waals surface area contributed by atoms with E-state index in [9.17, 15) is 9.90 Å². The number of fused-ring (bicyclic) bond motifs is 1. The Morgan fingerprint density at radius 1 is 0.926 bits per heavy atom. The zero-order chi connectivity index (χ0) is 18.8. The molecule has 0 bridgehead atoms. The summed E-state index contributed by atoms with van der Waals surface area (Å²) in [5, 5.41) is 11.7. The van der Waals surface area contributed by atoms with Crippen molar-refractivity contribution < 1.29 is 5.11 Å². The third kappa shape index (κ3) is 3.35. The van der Waals surface area contributed by atoms with Gasteiger partial charge in [-0.1, -0.05) is 41.9 Å². The summed E-state index contributed by atoms with van der Waals surface area (Å²) in [4.78, 5) is 16.7. The molecule has 0 radical (unpaired) electrons. The number of para-hydroxylation sites is 2. The first-order valence-corrected chi connectivity index (χ1v) is 8.75. The van der Waals surface area contributed by atoms with Crippen LogP contribution in [0, 0.1) is 0 Å². The molecule has 0 fully saturated rings. The monoisotopic (exact) mass is 374 g/mol. The van der Waals surface area contributed by atoms with Gasteiger partial charge >= 0.3 is 0 Å². The molecule has 3 aromatic carbocycles. The standard InChI is InChI=1S/C22H15ClN2O2/c23-16-12-10-15(11-13-16)20(26)14-21-24-22(27)18-8-4-5-9-19(18)25(21)17-6-2-1-3-7-17/h1-14,26H/b20-14-. The van der Waals surface area contributed by atoms with Crippen LogP contribution in [-0.2, 0) is 0 Å². The van der Waals surface area contributed by atoms with E-state index in [2.05, 4.69) is 4.98 Å². The van der Waals surface area contributed by atoms with Crippen LogP contribution in [0.15, 0.2) is 83.7 Å². The van der Waals surface area contributed by atoms with Gasteiger partial charge in [-0.3, -0.25) is 9.36 Å². The summed E-state index contributed by atoms with van der Waals surface area (Å²) in [6.07, 6.45) is 1.49. The molecular formula is C22H15ClN2O2. The van der Waals surface area contributed by atoms with Crippen LogP contribution in [-0.4, -0.2) is 14.7 Å². The highest BCUT2D eigenvalue weighted by Crippen LogP contribution is 2.22. The predicted molar refractivity (Wildman–Crippen MR) is 109 cm³/mol. The normalized spacial score (nSPS) is 11.7. The summed E-state index contributed by atoms with van der Waals surface area (Å²) in [5.41, 5.74) is 1.81. The number of hydrogen-bond acceptors (Lipinski definition) is 3. The first-order valence-electron chi connectivity index (χ1n) is 8.37. The van der Waals surface area contributed by atoms with Crippen molar-refractivity contribution in [3.8, 4) is 5.69 Å². The number of halogens is 1. The molecule has 1 heterocycles. The lowest BCUT2D eigenvalue weighted by Gasteiger charge is -2.14. The molecule has 1 N–H and O–H groups in total.